The van der Waals surface area contributed by atoms with Crippen molar-refractivity contribution in [3.05, 3.63) is 6.42 Å². The summed E-state index contributed by atoms with van der Waals surface area (Å²) in [5.41, 5.74) is 2.21. The van der Waals surface area contributed by atoms with Crippen LogP contribution in [0.15, 0.2) is 0 Å². The van der Waals surface area contributed by atoms with Crippen molar-refractivity contribution in [3.63, 3.8) is 0 Å². The van der Waals surface area contributed by atoms with E-state index in [1.807, 2.05) is 0 Å². The second kappa shape index (κ2) is 20.0. The van der Waals surface area contributed by atoms with E-state index in [1.54, 1.807) is 0 Å². The van der Waals surface area contributed by atoms with Crippen molar-refractivity contribution in [2.24, 2.45) is 0 Å². The van der Waals surface area contributed by atoms with Crippen LogP contribution >= 0.6 is 7.92 Å². The van der Waals surface area contributed by atoms with Crippen molar-refractivity contribution < 1.29 is 117 Å². The van der Waals surface area contributed by atoms with Gasteiger partial charge in [-0.05, 0) is 55.5 Å². The zero-order valence-corrected chi connectivity index (χ0v) is 27.2. The molecule has 0 heterocycles. The molecule has 3 saturated carbocycles. The van der Waals surface area contributed by atoms with E-state index in [-0.39, 0.29) is 109 Å². The first kappa shape index (κ1) is 33.9. The van der Waals surface area contributed by atoms with E-state index < -0.39 is 0 Å². The second-order valence-corrected chi connectivity index (χ2v) is 11.3. The Hall–Kier alpha value is 3.89. The maximum absolute atomic E-state index is 5.36. The van der Waals surface area contributed by atoms with Crippen LogP contribution in [-0.4, -0.2) is 29.2 Å². The molecule has 0 aliphatic heterocycles. The van der Waals surface area contributed by atoms with E-state index in [9.17, 15) is 0 Å². The molecule has 0 radical (unpaired) electrons. The molecule has 158 valence electrons. The standard InChI is InChI=1S/C18H32O6PS2.3Na/c26-23-21-19-14-6-4-10-17(12-14)25(16-8-2-1-3-9-16)18-11-5-7-15(13-18)20-22-24-27;;;/h2,14-18,26-27H,1,3-13H2;;;/q-1;3*+1/p-2. The van der Waals surface area contributed by atoms with Crippen LogP contribution in [0.25, 0.3) is 0 Å². The van der Waals surface area contributed by atoms with Crippen LogP contribution in [0.4, 0.5) is 0 Å². The van der Waals surface area contributed by atoms with Crippen LogP contribution in [0.2, 0.25) is 0 Å². The van der Waals surface area contributed by atoms with Gasteiger partial charge in [-0.2, -0.15) is 12.8 Å². The average Bonchev–Trinajstić information content (AvgIpc) is 2.72. The summed E-state index contributed by atoms with van der Waals surface area (Å²) < 4.78 is 8.47. The van der Waals surface area contributed by atoms with Crippen LogP contribution in [0.1, 0.15) is 77.0 Å². The fourth-order valence-electron chi connectivity index (χ4n) is 5.19. The van der Waals surface area contributed by atoms with Gasteiger partial charge in [0.1, 0.15) is 0 Å². The number of hydrogen-bond acceptors (Lipinski definition) is 8. The quantitative estimate of drug-likeness (QED) is 0.0783. The zero-order valence-electron chi connectivity index (χ0n) is 18.7. The summed E-state index contributed by atoms with van der Waals surface area (Å²) in [6.45, 7) is 0. The minimum absolute atomic E-state index is 0. The predicted octanol–water partition coefficient (Wildman–Crippen LogP) is -4.07. The first-order valence-corrected chi connectivity index (χ1v) is 12.4. The van der Waals surface area contributed by atoms with Crippen molar-refractivity contribution in [2.75, 3.05) is 0 Å². The first-order chi connectivity index (χ1) is 13.3. The number of rotatable bonds is 9. The molecule has 30 heavy (non-hydrogen) atoms. The minimum Gasteiger partial charge on any atom is -0.579 e. The topological polar surface area (TPSA) is 55.4 Å². The monoisotopic (exact) mass is 506 g/mol. The van der Waals surface area contributed by atoms with E-state index in [0.29, 0.717) is 11.3 Å². The molecule has 6 nitrogen and oxygen atoms in total. The Kier molecular flexibility index (Phi) is 22.6. The summed E-state index contributed by atoms with van der Waals surface area (Å²) in [7, 11) is -0.134. The van der Waals surface area contributed by atoms with Gasteiger partial charge in [-0.25, -0.2) is 9.78 Å². The molecule has 0 bridgehead atoms. The van der Waals surface area contributed by atoms with E-state index in [2.05, 4.69) is 51.0 Å². The van der Waals surface area contributed by atoms with Gasteiger partial charge in [0.05, 0.1) is 12.2 Å². The third-order valence-electron chi connectivity index (χ3n) is 6.25. The zero-order chi connectivity index (χ0) is 18.9. The average molecular weight is 507 g/mol. The van der Waals surface area contributed by atoms with E-state index in [4.69, 9.17) is 9.78 Å². The van der Waals surface area contributed by atoms with Crippen LogP contribution < -0.4 is 88.7 Å². The molecule has 5 unspecified atom stereocenters. The normalized spacial score (nSPS) is 32.8. The summed E-state index contributed by atoms with van der Waals surface area (Å²) in [6, 6.07) is 0. The molecular formula is C18H30Na3O6PS2. The molecule has 5 atom stereocenters. The number of hydrogen-bond donors (Lipinski definition) is 0. The summed E-state index contributed by atoms with van der Waals surface area (Å²) in [4.78, 5) is 10.7. The van der Waals surface area contributed by atoms with Gasteiger partial charge in [0.25, 0.3) is 0 Å². The van der Waals surface area contributed by atoms with Gasteiger partial charge in [-0.15, -0.1) is 0 Å². The SMILES string of the molecule is [Na+].[Na+].[Na+].[S-]OOOC1CCCC(P(C2C[CH-]CCC2)C2CCCC(OOO[S-])C2)C1. The van der Waals surface area contributed by atoms with Gasteiger partial charge in [-0.1, -0.05) is 43.7 Å². The molecule has 12 heteroatoms. The molecule has 3 aliphatic rings. The summed E-state index contributed by atoms with van der Waals surface area (Å²) in [5, 5.41) is 9.22. The minimum atomic E-state index is -0.134. The van der Waals surface area contributed by atoms with Crippen molar-refractivity contribution >= 4 is 33.7 Å². The van der Waals surface area contributed by atoms with Gasteiger partial charge < -0.3 is 40.9 Å². The molecule has 0 aromatic carbocycles. The Morgan fingerprint density at radius 1 is 0.667 bits per heavy atom. The van der Waals surface area contributed by atoms with Gasteiger partial charge in [0.2, 0.25) is 0 Å². The van der Waals surface area contributed by atoms with Gasteiger partial charge in [-0.3, -0.25) is 0 Å². The Balaban J connectivity index is 0.00000280. The Bertz CT molecular complexity index is 401. The summed E-state index contributed by atoms with van der Waals surface area (Å²) in [6.07, 6.45) is 16.9. The smallest absolute Gasteiger partial charge is 0.579 e. The molecule has 3 aliphatic carbocycles. The third kappa shape index (κ3) is 11.3. The third-order valence-corrected chi connectivity index (χ3v) is 10.3. The molecule has 0 spiro atoms. The summed E-state index contributed by atoms with van der Waals surface area (Å²) >= 11 is 8.73. The molecule has 0 aromatic rings. The maximum atomic E-state index is 5.36. The van der Waals surface area contributed by atoms with Crippen molar-refractivity contribution in [1.29, 1.82) is 0 Å². The Morgan fingerprint density at radius 2 is 1.17 bits per heavy atom. The molecule has 0 N–H and O–H groups in total. The summed E-state index contributed by atoms with van der Waals surface area (Å²) in [5.74, 6) is 0. The molecule has 0 aromatic heterocycles. The predicted molar refractivity (Wildman–Crippen MR) is 107 cm³/mol. The fourth-order valence-corrected chi connectivity index (χ4v) is 9.84. The first-order valence-electron chi connectivity index (χ1n) is 10.1. The molecule has 0 saturated heterocycles. The van der Waals surface area contributed by atoms with Crippen molar-refractivity contribution in [2.45, 2.75) is 106 Å². The fraction of sp³-hybridized carbons (Fsp3) is 0.944. The van der Waals surface area contributed by atoms with Gasteiger partial charge >= 0.3 is 88.7 Å². The van der Waals surface area contributed by atoms with Crippen LogP contribution in [0.3, 0.4) is 0 Å². The largest absolute Gasteiger partial charge is 1.00 e. The Morgan fingerprint density at radius 3 is 1.60 bits per heavy atom. The van der Waals surface area contributed by atoms with Crippen molar-refractivity contribution in [3.8, 4) is 0 Å². The van der Waals surface area contributed by atoms with E-state index in [0.717, 1.165) is 31.3 Å². The molecule has 3 fully saturated rings. The van der Waals surface area contributed by atoms with Crippen molar-refractivity contribution in [1.82, 2.24) is 0 Å². The molecular weight excluding hydrogens is 476 g/mol. The van der Waals surface area contributed by atoms with E-state index >= 15 is 0 Å². The van der Waals surface area contributed by atoms with Crippen LogP contribution in [0, 0.1) is 6.42 Å². The van der Waals surface area contributed by atoms with Gasteiger partial charge in [0.15, 0.2) is 0 Å². The van der Waals surface area contributed by atoms with Gasteiger partial charge in [0, 0.05) is 0 Å². The molecule has 3 rings (SSSR count). The van der Waals surface area contributed by atoms with Crippen LogP contribution in [-0.2, 0) is 54.3 Å². The molecule has 0 amide bonds. The second-order valence-electron chi connectivity index (χ2n) is 7.91. The van der Waals surface area contributed by atoms with E-state index in [1.165, 1.54) is 51.4 Å². The van der Waals surface area contributed by atoms with Crippen LogP contribution in [0.5, 0.6) is 0 Å². The maximum Gasteiger partial charge on any atom is 1.00 e. The Labute approximate surface area is 260 Å².